The number of aromatic nitrogens is 1. The van der Waals surface area contributed by atoms with Crippen LogP contribution in [0.5, 0.6) is 0 Å². The maximum absolute atomic E-state index is 12.6. The van der Waals surface area contributed by atoms with Crippen LogP contribution >= 0.6 is 11.6 Å². The molecule has 0 aliphatic carbocycles. The molecule has 1 aromatic rings. The molecule has 0 bridgehead atoms. The lowest BCUT2D eigenvalue weighted by atomic mass is 10.3. The first-order valence-corrected chi connectivity index (χ1v) is 2.92. The molecule has 54 valence electrons. The topological polar surface area (TPSA) is 12.9 Å². The zero-order valence-corrected chi connectivity index (χ0v) is 5.57. The van der Waals surface area contributed by atoms with Crippen molar-refractivity contribution in [1.82, 2.24) is 4.98 Å². The third-order valence-corrected chi connectivity index (χ3v) is 1.15. The van der Waals surface area contributed by atoms with E-state index in [4.69, 9.17) is 13.0 Å². The molecular formula is C6H4ClF2N. The molecule has 0 aromatic carbocycles. The molecule has 0 fully saturated rings. The summed E-state index contributed by atoms with van der Waals surface area (Å²) in [6.45, 7) is 0. The van der Waals surface area contributed by atoms with E-state index in [-0.39, 0.29) is 5.69 Å². The summed E-state index contributed by atoms with van der Waals surface area (Å²) in [6.07, 6.45) is 0.822. The van der Waals surface area contributed by atoms with Crippen molar-refractivity contribution >= 4 is 11.6 Å². The van der Waals surface area contributed by atoms with E-state index in [0.29, 0.717) is 6.07 Å². The summed E-state index contributed by atoms with van der Waals surface area (Å²) in [5, 5.41) is 0. The first-order chi connectivity index (χ1) is 5.11. The van der Waals surface area contributed by atoms with Gasteiger partial charge in [0.2, 0.25) is 0 Å². The molecule has 0 unspecified atom stereocenters. The molecule has 10 heavy (non-hydrogen) atoms. The minimum absolute atomic E-state index is 0.256. The smallest absolute Gasteiger partial charge is 0.148 e. The molecule has 0 amide bonds. The maximum Gasteiger partial charge on any atom is 0.148 e. The third kappa shape index (κ3) is 1.42. The first kappa shape index (κ1) is 6.04. The molecule has 1 nitrogen and oxygen atoms in total. The lowest BCUT2D eigenvalue weighted by Crippen LogP contribution is -1.91. The molecule has 0 spiro atoms. The Morgan fingerprint density at radius 1 is 1.70 bits per heavy atom. The Morgan fingerprint density at radius 2 is 2.40 bits per heavy atom. The maximum atomic E-state index is 12.6. The van der Waals surface area contributed by atoms with Crippen molar-refractivity contribution in [3.8, 4) is 0 Å². The Morgan fingerprint density at radius 3 is 2.90 bits per heavy atom. The number of halogens is 3. The van der Waals surface area contributed by atoms with Gasteiger partial charge in [-0.15, -0.1) is 11.6 Å². The Balaban J connectivity index is 3.09. The summed E-state index contributed by atoms with van der Waals surface area (Å²) in [6, 6.07) is 0.645. The van der Waals surface area contributed by atoms with E-state index in [0.717, 1.165) is 6.20 Å². The van der Waals surface area contributed by atoms with E-state index in [1.165, 1.54) is 0 Å². The SMILES string of the molecule is [2H][C@@H](Cl)c1ncc(F)cc1F. The second-order valence-electron chi connectivity index (χ2n) is 1.63. The van der Waals surface area contributed by atoms with Gasteiger partial charge in [-0.2, -0.15) is 0 Å². The molecule has 0 aliphatic rings. The summed E-state index contributed by atoms with van der Waals surface area (Å²) in [4.78, 5) is 3.31. The molecule has 0 saturated heterocycles. The molecule has 0 radical (unpaired) electrons. The largest absolute Gasteiger partial charge is 0.254 e. The molecule has 1 rings (SSSR count). The summed E-state index contributed by atoms with van der Waals surface area (Å²) in [5.74, 6) is -2.95. The predicted molar refractivity (Wildman–Crippen MR) is 33.7 cm³/mol. The van der Waals surface area contributed by atoms with Crippen molar-refractivity contribution in [3.05, 3.63) is 29.6 Å². The van der Waals surface area contributed by atoms with E-state index in [1.807, 2.05) is 0 Å². The standard InChI is InChI=1S/C6H4ClF2N/c7-2-6-5(9)1-4(8)3-10-6/h1,3H,2H2/i2D/t2-/m1/s1. The number of alkyl halides is 1. The summed E-state index contributed by atoms with van der Waals surface area (Å²) in [5.41, 5.74) is -0.256. The highest BCUT2D eigenvalue weighted by molar-refractivity contribution is 6.16. The van der Waals surface area contributed by atoms with Gasteiger partial charge in [0.15, 0.2) is 0 Å². The second kappa shape index (κ2) is 2.92. The minimum Gasteiger partial charge on any atom is -0.254 e. The van der Waals surface area contributed by atoms with E-state index in [1.54, 1.807) is 0 Å². The Hall–Kier alpha value is -0.700. The van der Waals surface area contributed by atoms with Gasteiger partial charge in [-0.3, -0.25) is 4.98 Å². The van der Waals surface area contributed by atoms with Crippen LogP contribution in [-0.2, 0) is 5.86 Å². The van der Waals surface area contributed by atoms with E-state index in [9.17, 15) is 8.78 Å². The Kier molecular flexibility index (Phi) is 1.77. The number of hydrogen-bond acceptors (Lipinski definition) is 1. The van der Waals surface area contributed by atoms with Gasteiger partial charge in [-0.25, -0.2) is 8.78 Å². The quantitative estimate of drug-likeness (QED) is 0.580. The van der Waals surface area contributed by atoms with Crippen LogP contribution in [0.4, 0.5) is 8.78 Å². The molecule has 1 heterocycles. The van der Waals surface area contributed by atoms with E-state index < -0.39 is 17.5 Å². The fourth-order valence-corrected chi connectivity index (χ4v) is 0.666. The van der Waals surface area contributed by atoms with Crippen LogP contribution in [0.1, 0.15) is 7.06 Å². The molecule has 1 atom stereocenters. The van der Waals surface area contributed by atoms with Gasteiger partial charge in [0.25, 0.3) is 0 Å². The second-order valence-corrected chi connectivity index (χ2v) is 1.85. The minimum atomic E-state index is -1.28. The fourth-order valence-electron chi connectivity index (χ4n) is 0.505. The van der Waals surface area contributed by atoms with Gasteiger partial charge in [-0.1, -0.05) is 0 Å². The zero-order chi connectivity index (χ0) is 8.43. The highest BCUT2D eigenvalue weighted by Crippen LogP contribution is 2.07. The van der Waals surface area contributed by atoms with Crippen LogP contribution in [0.3, 0.4) is 0 Å². The van der Waals surface area contributed by atoms with Gasteiger partial charge in [0.05, 0.1) is 19.1 Å². The summed E-state index contributed by atoms with van der Waals surface area (Å²) in [7, 11) is 0. The normalized spacial score (nSPS) is 14.5. The summed E-state index contributed by atoms with van der Waals surface area (Å²) < 4.78 is 31.7. The Bertz CT molecular complexity index is 267. The predicted octanol–water partition coefficient (Wildman–Crippen LogP) is 2.10. The number of rotatable bonds is 1. The van der Waals surface area contributed by atoms with Gasteiger partial charge >= 0.3 is 0 Å². The molecular weight excluding hydrogens is 160 g/mol. The lowest BCUT2D eigenvalue weighted by Gasteiger charge is -1.94. The monoisotopic (exact) mass is 164 g/mol. The molecule has 4 heteroatoms. The van der Waals surface area contributed by atoms with Crippen molar-refractivity contribution in [2.24, 2.45) is 0 Å². The van der Waals surface area contributed by atoms with E-state index in [2.05, 4.69) is 4.98 Å². The van der Waals surface area contributed by atoms with Crippen LogP contribution in [0.25, 0.3) is 0 Å². The molecule has 0 aliphatic heterocycles. The molecule has 1 aromatic heterocycles. The van der Waals surface area contributed by atoms with Crippen LogP contribution in [0.15, 0.2) is 12.3 Å². The van der Waals surface area contributed by atoms with Gasteiger partial charge in [-0.05, 0) is 0 Å². The van der Waals surface area contributed by atoms with Gasteiger partial charge < -0.3 is 0 Å². The van der Waals surface area contributed by atoms with Crippen LogP contribution in [0, 0.1) is 11.6 Å². The van der Waals surface area contributed by atoms with Crippen molar-refractivity contribution in [3.63, 3.8) is 0 Å². The van der Waals surface area contributed by atoms with Gasteiger partial charge in [0, 0.05) is 6.07 Å². The van der Waals surface area contributed by atoms with Crippen molar-refractivity contribution in [1.29, 1.82) is 0 Å². The van der Waals surface area contributed by atoms with Crippen molar-refractivity contribution in [2.75, 3.05) is 0 Å². The van der Waals surface area contributed by atoms with Crippen LogP contribution in [-0.4, -0.2) is 4.98 Å². The van der Waals surface area contributed by atoms with Crippen molar-refractivity contribution in [2.45, 2.75) is 5.86 Å². The molecule has 0 N–H and O–H groups in total. The van der Waals surface area contributed by atoms with Crippen LogP contribution in [0.2, 0.25) is 0 Å². The Labute approximate surface area is 63.1 Å². The van der Waals surface area contributed by atoms with Crippen LogP contribution < -0.4 is 0 Å². The zero-order valence-electron chi connectivity index (χ0n) is 5.81. The average molecular weight is 165 g/mol. The highest BCUT2D eigenvalue weighted by Gasteiger charge is 2.02. The fraction of sp³-hybridized carbons (Fsp3) is 0.167. The molecule has 0 saturated carbocycles. The number of pyridine rings is 1. The van der Waals surface area contributed by atoms with E-state index >= 15 is 0 Å². The van der Waals surface area contributed by atoms with Crippen molar-refractivity contribution < 1.29 is 10.2 Å². The first-order valence-electron chi connectivity index (χ1n) is 3.06. The number of nitrogens with zero attached hydrogens (tertiary/aromatic N) is 1. The summed E-state index contributed by atoms with van der Waals surface area (Å²) >= 11 is 5.20. The highest BCUT2D eigenvalue weighted by atomic mass is 35.5. The third-order valence-electron chi connectivity index (χ3n) is 0.940. The number of hydrogen-bond donors (Lipinski definition) is 0. The van der Waals surface area contributed by atoms with Gasteiger partial charge in [0.1, 0.15) is 11.6 Å². The lowest BCUT2D eigenvalue weighted by molar-refractivity contribution is 0.563. The average Bonchev–Trinajstić information content (AvgIpc) is 1.85.